The lowest BCUT2D eigenvalue weighted by Crippen LogP contribution is -2.59. The molecule has 0 saturated heterocycles. The van der Waals surface area contributed by atoms with Crippen molar-refractivity contribution < 1.29 is 19.1 Å². The second-order valence-electron chi connectivity index (χ2n) is 11.3. The van der Waals surface area contributed by atoms with Crippen LogP contribution in [-0.2, 0) is 14.3 Å². The van der Waals surface area contributed by atoms with E-state index in [2.05, 4.69) is 17.2 Å². The number of alkyl carbamates (subject to hydrolysis) is 1. The first kappa shape index (κ1) is 29.2. The SMILES string of the molecule is C=Cc1cccc(C(C(=O)NC(C)(C)C)N(C(=O)C(C)NC(=O)OC(C)(C)C)C(C)(C)CC)c1. The topological polar surface area (TPSA) is 87.7 Å². The Kier molecular flexibility index (Phi) is 9.50. The van der Waals surface area contributed by atoms with Crippen molar-refractivity contribution in [3.63, 3.8) is 0 Å². The first-order valence-corrected chi connectivity index (χ1v) is 11.8. The molecule has 2 N–H and O–H groups in total. The fraction of sp³-hybridized carbons (Fsp3) is 0.593. The Bertz CT molecular complexity index is 894. The number of rotatable bonds is 8. The standard InChI is InChI=1S/C27H43N3O4/c1-12-19-15-14-16-20(17-19)21(22(31)29-25(4,5)6)30(27(10,11)13-2)23(32)18(3)28-24(33)34-26(7,8)9/h12,14-18,21H,1,13H2,2-11H3,(H,28,33)(H,29,31). The van der Waals surface area contributed by atoms with Gasteiger partial charge in [0.25, 0.3) is 0 Å². The Hall–Kier alpha value is -2.83. The van der Waals surface area contributed by atoms with E-state index in [1.165, 1.54) is 0 Å². The van der Waals surface area contributed by atoms with Gasteiger partial charge < -0.3 is 20.3 Å². The number of ether oxygens (including phenoxy) is 1. The summed E-state index contributed by atoms with van der Waals surface area (Å²) in [7, 11) is 0. The minimum absolute atomic E-state index is 0.298. The highest BCUT2D eigenvalue weighted by atomic mass is 16.6. The van der Waals surface area contributed by atoms with Gasteiger partial charge >= 0.3 is 6.09 Å². The van der Waals surface area contributed by atoms with Crippen molar-refractivity contribution in [1.29, 1.82) is 0 Å². The summed E-state index contributed by atoms with van der Waals surface area (Å²) in [5.74, 6) is -0.677. The van der Waals surface area contributed by atoms with Crippen molar-refractivity contribution in [2.24, 2.45) is 0 Å². The molecule has 34 heavy (non-hydrogen) atoms. The largest absolute Gasteiger partial charge is 0.444 e. The summed E-state index contributed by atoms with van der Waals surface area (Å²) in [6.45, 7) is 22.2. The van der Waals surface area contributed by atoms with Crippen molar-refractivity contribution in [3.8, 4) is 0 Å². The molecule has 7 heteroatoms. The van der Waals surface area contributed by atoms with Gasteiger partial charge in [-0.25, -0.2) is 4.79 Å². The fourth-order valence-electron chi connectivity index (χ4n) is 3.41. The third-order valence-electron chi connectivity index (χ3n) is 5.33. The molecule has 190 valence electrons. The average Bonchev–Trinajstić information content (AvgIpc) is 2.68. The second-order valence-corrected chi connectivity index (χ2v) is 11.3. The number of carbonyl (C=O) groups is 3. The van der Waals surface area contributed by atoms with Crippen LogP contribution < -0.4 is 10.6 Å². The molecule has 7 nitrogen and oxygen atoms in total. The average molecular weight is 474 g/mol. The predicted molar refractivity (Wildman–Crippen MR) is 137 cm³/mol. The molecule has 0 radical (unpaired) electrons. The minimum atomic E-state index is -0.913. The van der Waals surface area contributed by atoms with Crippen LogP contribution in [0.5, 0.6) is 0 Å². The van der Waals surface area contributed by atoms with E-state index in [1.54, 1.807) is 38.7 Å². The maximum Gasteiger partial charge on any atom is 0.408 e. The van der Waals surface area contributed by atoms with Crippen LogP contribution in [0.3, 0.4) is 0 Å². The lowest BCUT2D eigenvalue weighted by atomic mass is 9.91. The summed E-state index contributed by atoms with van der Waals surface area (Å²) in [6.07, 6.45) is 1.61. The van der Waals surface area contributed by atoms with E-state index in [9.17, 15) is 14.4 Å². The predicted octanol–water partition coefficient (Wildman–Crippen LogP) is 5.22. The zero-order chi connectivity index (χ0) is 26.5. The number of nitrogens with zero attached hydrogens (tertiary/aromatic N) is 1. The molecule has 1 rings (SSSR count). The van der Waals surface area contributed by atoms with E-state index in [-0.39, 0.29) is 11.8 Å². The Morgan fingerprint density at radius 3 is 2.15 bits per heavy atom. The molecule has 2 atom stereocenters. The molecule has 0 aliphatic carbocycles. The third kappa shape index (κ3) is 8.50. The number of amides is 3. The van der Waals surface area contributed by atoms with E-state index in [0.29, 0.717) is 12.0 Å². The van der Waals surface area contributed by atoms with E-state index in [4.69, 9.17) is 4.74 Å². The molecule has 0 spiro atoms. The first-order chi connectivity index (χ1) is 15.4. The highest BCUT2D eigenvalue weighted by Crippen LogP contribution is 2.33. The number of hydrogen-bond donors (Lipinski definition) is 2. The highest BCUT2D eigenvalue weighted by Gasteiger charge is 2.42. The zero-order valence-electron chi connectivity index (χ0n) is 22.5. The molecule has 1 aromatic carbocycles. The van der Waals surface area contributed by atoms with Crippen LogP contribution >= 0.6 is 0 Å². The zero-order valence-corrected chi connectivity index (χ0v) is 22.5. The quantitative estimate of drug-likeness (QED) is 0.542. The lowest BCUT2D eigenvalue weighted by molar-refractivity contribution is -0.149. The third-order valence-corrected chi connectivity index (χ3v) is 5.33. The van der Waals surface area contributed by atoms with Gasteiger partial charge in [-0.15, -0.1) is 0 Å². The number of hydrogen-bond acceptors (Lipinski definition) is 4. The molecule has 2 unspecified atom stereocenters. The van der Waals surface area contributed by atoms with Crippen LogP contribution in [0.25, 0.3) is 6.08 Å². The van der Waals surface area contributed by atoms with Gasteiger partial charge in [0.1, 0.15) is 17.7 Å². The van der Waals surface area contributed by atoms with Gasteiger partial charge in [0.15, 0.2) is 0 Å². The fourth-order valence-corrected chi connectivity index (χ4v) is 3.41. The van der Waals surface area contributed by atoms with Gasteiger partial charge in [-0.3, -0.25) is 9.59 Å². The molecule has 3 amide bonds. The molecule has 0 bridgehead atoms. The molecule has 0 fully saturated rings. The highest BCUT2D eigenvalue weighted by molar-refractivity contribution is 5.92. The molecular weight excluding hydrogens is 430 g/mol. The molecule has 0 aliphatic heterocycles. The summed E-state index contributed by atoms with van der Waals surface area (Å²) in [5, 5.41) is 5.66. The van der Waals surface area contributed by atoms with E-state index < -0.39 is 34.9 Å². The number of carbonyl (C=O) groups excluding carboxylic acids is 3. The van der Waals surface area contributed by atoms with Gasteiger partial charge in [-0.1, -0.05) is 37.8 Å². The van der Waals surface area contributed by atoms with Crippen LogP contribution in [0.15, 0.2) is 30.8 Å². The maximum atomic E-state index is 13.8. The van der Waals surface area contributed by atoms with Crippen molar-refractivity contribution in [1.82, 2.24) is 15.5 Å². The first-order valence-electron chi connectivity index (χ1n) is 11.8. The smallest absolute Gasteiger partial charge is 0.408 e. The van der Waals surface area contributed by atoms with E-state index in [0.717, 1.165) is 5.56 Å². The molecule has 0 aromatic heterocycles. The summed E-state index contributed by atoms with van der Waals surface area (Å²) in [4.78, 5) is 41.4. The Morgan fingerprint density at radius 2 is 1.68 bits per heavy atom. The molecule has 0 aliphatic rings. The minimum Gasteiger partial charge on any atom is -0.444 e. The number of nitrogens with one attached hydrogen (secondary N) is 2. The Morgan fingerprint density at radius 1 is 1.09 bits per heavy atom. The van der Waals surface area contributed by atoms with E-state index >= 15 is 0 Å². The van der Waals surface area contributed by atoms with Gasteiger partial charge in [-0.05, 0) is 85.9 Å². The Labute approximate surface area is 205 Å². The normalized spacial score (nSPS) is 13.9. The monoisotopic (exact) mass is 473 g/mol. The summed E-state index contributed by atoms with van der Waals surface area (Å²) in [5.41, 5.74) is -0.386. The van der Waals surface area contributed by atoms with Crippen molar-refractivity contribution >= 4 is 24.0 Å². The molecular formula is C27H43N3O4. The molecule has 1 aromatic rings. The second kappa shape index (κ2) is 11.1. The van der Waals surface area contributed by atoms with Crippen molar-refractivity contribution in [3.05, 3.63) is 42.0 Å². The molecule has 0 saturated carbocycles. The van der Waals surface area contributed by atoms with Crippen LogP contribution in [-0.4, -0.2) is 45.5 Å². The van der Waals surface area contributed by atoms with Crippen LogP contribution in [0, 0.1) is 0 Å². The number of benzene rings is 1. The van der Waals surface area contributed by atoms with Gasteiger partial charge in [0, 0.05) is 11.1 Å². The maximum absolute atomic E-state index is 13.8. The summed E-state index contributed by atoms with van der Waals surface area (Å²) in [6, 6.07) is 5.60. The summed E-state index contributed by atoms with van der Waals surface area (Å²) >= 11 is 0. The van der Waals surface area contributed by atoms with Crippen molar-refractivity contribution in [2.45, 2.75) is 104 Å². The van der Waals surface area contributed by atoms with Crippen LogP contribution in [0.1, 0.15) is 92.8 Å². The van der Waals surface area contributed by atoms with Gasteiger partial charge in [0.2, 0.25) is 11.8 Å². The molecule has 0 heterocycles. The summed E-state index contributed by atoms with van der Waals surface area (Å²) < 4.78 is 5.33. The van der Waals surface area contributed by atoms with E-state index in [1.807, 2.05) is 65.8 Å². The van der Waals surface area contributed by atoms with Gasteiger partial charge in [0.05, 0.1) is 0 Å². The van der Waals surface area contributed by atoms with Crippen LogP contribution in [0.2, 0.25) is 0 Å². The van der Waals surface area contributed by atoms with Crippen LogP contribution in [0.4, 0.5) is 4.79 Å². The van der Waals surface area contributed by atoms with Crippen molar-refractivity contribution in [2.75, 3.05) is 0 Å². The van der Waals surface area contributed by atoms with Gasteiger partial charge in [-0.2, -0.15) is 0 Å². The Balaban J connectivity index is 3.56. The lowest BCUT2D eigenvalue weighted by Gasteiger charge is -2.45.